The van der Waals surface area contributed by atoms with Gasteiger partial charge >= 0.3 is 11.9 Å². The van der Waals surface area contributed by atoms with E-state index in [4.69, 9.17) is 18.9 Å². The Bertz CT molecular complexity index is 1770. The predicted octanol–water partition coefficient (Wildman–Crippen LogP) is 23.3. The first-order valence-electron chi connectivity index (χ1n) is 38.7. The monoisotopic (exact) mass is 1270 g/mol. The first-order chi connectivity index (χ1) is 44.6. The van der Waals surface area contributed by atoms with E-state index in [0.717, 1.165) is 96.3 Å². The zero-order valence-corrected chi connectivity index (χ0v) is 60.5. The number of carboxylic acid groups (broad SMARTS) is 1. The number of nitrogens with zero attached hydrogens (tertiary/aromatic N) is 1. The van der Waals surface area contributed by atoms with Crippen LogP contribution in [0.2, 0.25) is 0 Å². The second-order valence-corrected chi connectivity index (χ2v) is 27.3. The number of carbonyl (C=O) groups is 3. The van der Waals surface area contributed by atoms with Crippen LogP contribution in [0.1, 0.15) is 361 Å². The van der Waals surface area contributed by atoms with Crippen molar-refractivity contribution in [3.05, 3.63) is 85.1 Å². The number of unbranched alkanes of at least 4 members (excludes halogenated alkanes) is 43. The molecule has 9 heteroatoms. The van der Waals surface area contributed by atoms with Crippen molar-refractivity contribution < 1.29 is 42.9 Å². The fourth-order valence-corrected chi connectivity index (χ4v) is 11.2. The number of quaternary nitrogens is 1. The molecule has 0 N–H and O–H groups in total. The lowest BCUT2D eigenvalue weighted by Crippen LogP contribution is -2.44. The normalized spacial score (nSPS) is 13.1. The second-order valence-electron chi connectivity index (χ2n) is 27.3. The highest BCUT2D eigenvalue weighted by molar-refractivity contribution is 5.70. The smallest absolute Gasteiger partial charge is 0.306 e. The molecule has 2 atom stereocenters. The lowest BCUT2D eigenvalue weighted by atomic mass is 10.0. The van der Waals surface area contributed by atoms with Gasteiger partial charge in [-0.3, -0.25) is 9.59 Å². The van der Waals surface area contributed by atoms with E-state index in [-0.39, 0.29) is 38.6 Å². The largest absolute Gasteiger partial charge is 0.545 e. The van der Waals surface area contributed by atoms with Crippen molar-refractivity contribution in [3.63, 3.8) is 0 Å². The minimum atomic E-state index is -1.63. The maximum Gasteiger partial charge on any atom is 0.306 e. The fraction of sp³-hybridized carbons (Fsp3) is 0.793. The van der Waals surface area contributed by atoms with Crippen LogP contribution in [-0.4, -0.2) is 82.3 Å². The molecule has 0 aliphatic heterocycles. The van der Waals surface area contributed by atoms with Crippen LogP contribution in [-0.2, 0) is 33.3 Å². The minimum Gasteiger partial charge on any atom is -0.545 e. The van der Waals surface area contributed by atoms with Gasteiger partial charge in [0.1, 0.15) is 13.2 Å². The van der Waals surface area contributed by atoms with Crippen molar-refractivity contribution >= 4 is 17.9 Å². The average molecular weight is 1280 g/mol. The molecule has 0 fully saturated rings. The number of aliphatic carboxylic acids is 1. The van der Waals surface area contributed by atoms with Crippen molar-refractivity contribution in [3.8, 4) is 0 Å². The summed E-state index contributed by atoms with van der Waals surface area (Å²) >= 11 is 0. The molecule has 0 heterocycles. The number of carboxylic acids is 1. The third kappa shape index (κ3) is 73.7. The highest BCUT2D eigenvalue weighted by Gasteiger charge is 2.22. The Morgan fingerprint density at radius 2 is 0.626 bits per heavy atom. The Kier molecular flexibility index (Phi) is 69.5. The van der Waals surface area contributed by atoms with E-state index in [0.29, 0.717) is 17.4 Å². The highest BCUT2D eigenvalue weighted by Crippen LogP contribution is 2.19. The van der Waals surface area contributed by atoms with Gasteiger partial charge in [0.05, 0.1) is 40.3 Å². The molecule has 0 aromatic heterocycles. The molecular weight excluding hydrogens is 1130 g/mol. The number of carbonyl (C=O) groups excluding carboxylic acids is 3. The van der Waals surface area contributed by atoms with Crippen LogP contribution in [0.3, 0.4) is 0 Å². The van der Waals surface area contributed by atoms with Crippen LogP contribution in [0.15, 0.2) is 85.1 Å². The van der Waals surface area contributed by atoms with Crippen LogP contribution in [0.4, 0.5) is 0 Å². The van der Waals surface area contributed by atoms with Gasteiger partial charge in [0, 0.05) is 12.8 Å². The van der Waals surface area contributed by atoms with Crippen LogP contribution >= 0.6 is 0 Å². The number of rotatable bonds is 72. The Hall–Kier alpha value is -3.53. The van der Waals surface area contributed by atoms with Gasteiger partial charge < -0.3 is 33.3 Å². The maximum atomic E-state index is 12.9. The van der Waals surface area contributed by atoms with Crippen molar-refractivity contribution in [2.75, 3.05) is 47.5 Å². The second kappa shape index (κ2) is 72.3. The zero-order chi connectivity index (χ0) is 66.1. The summed E-state index contributed by atoms with van der Waals surface area (Å²) in [5, 5.41) is 11.8. The Morgan fingerprint density at radius 1 is 0.341 bits per heavy atom. The van der Waals surface area contributed by atoms with Gasteiger partial charge in [-0.1, -0.05) is 343 Å². The number of likely N-dealkylation sites (N-methyl/N-ethyl adjacent to an activating group) is 1. The molecule has 9 nitrogen and oxygen atoms in total. The SMILES string of the molecule is CC/C=C\C/C=C\C/C=C\C/C=C\C/C=C\C/C=C\CCCCCCCCC(=O)OC(COC(=O)CCCCCCCCCCCCCCCCCCCCCCCCCCCCCCC/C=C\CCCCCCCCCC)COC(OCC[N+](C)(C)C)C(=O)[O-]. The van der Waals surface area contributed by atoms with Crippen LogP contribution in [0.5, 0.6) is 0 Å². The molecular formula is C82H147NO8. The van der Waals surface area contributed by atoms with Crippen molar-refractivity contribution in [2.45, 2.75) is 373 Å². The molecule has 0 spiro atoms. The molecule has 0 rings (SSSR count). The quantitative estimate of drug-likeness (QED) is 0.0195. The van der Waals surface area contributed by atoms with Gasteiger partial charge in [0.15, 0.2) is 12.4 Å². The Balaban J connectivity index is 3.98. The van der Waals surface area contributed by atoms with E-state index in [2.05, 4.69) is 98.9 Å². The number of ether oxygens (including phenoxy) is 4. The predicted molar refractivity (Wildman–Crippen MR) is 389 cm³/mol. The molecule has 0 saturated heterocycles. The summed E-state index contributed by atoms with van der Waals surface area (Å²) in [7, 11) is 5.93. The fourth-order valence-electron chi connectivity index (χ4n) is 11.2. The van der Waals surface area contributed by atoms with Gasteiger partial charge in [0.25, 0.3) is 0 Å². The van der Waals surface area contributed by atoms with E-state index >= 15 is 0 Å². The van der Waals surface area contributed by atoms with Crippen molar-refractivity contribution in [1.82, 2.24) is 0 Å². The summed E-state index contributed by atoms with van der Waals surface area (Å²) < 4.78 is 22.8. The Labute approximate surface area is 563 Å². The Morgan fingerprint density at radius 3 is 0.945 bits per heavy atom. The van der Waals surface area contributed by atoms with E-state index in [9.17, 15) is 19.5 Å². The molecule has 0 saturated carbocycles. The summed E-state index contributed by atoms with van der Waals surface area (Å²) in [6.45, 7) is 4.65. The van der Waals surface area contributed by atoms with E-state index < -0.39 is 24.3 Å². The third-order valence-electron chi connectivity index (χ3n) is 17.1. The molecule has 0 bridgehead atoms. The number of hydrogen-bond acceptors (Lipinski definition) is 8. The topological polar surface area (TPSA) is 111 Å². The van der Waals surface area contributed by atoms with E-state index in [1.807, 2.05) is 21.1 Å². The lowest BCUT2D eigenvalue weighted by Gasteiger charge is -2.26. The van der Waals surface area contributed by atoms with Gasteiger partial charge in [0.2, 0.25) is 0 Å². The molecule has 2 unspecified atom stereocenters. The standard InChI is InChI=1S/C82H147NO8/c1-6-8-10-12-14-16-18-20-22-24-26-28-30-32-33-34-35-36-37-38-39-40-41-42-43-44-45-46-47-49-50-52-54-56-58-60-62-64-66-68-70-72-79(84)89-76-78(77-90-82(81(86)87)88-75-74-83(3,4)5)91-80(85)73-71-69-67-65-63-61-59-57-55-53-51-48-31-29-27-25-23-21-19-17-15-13-11-9-7-2/h9,11,15,17,21,23-24,26-27,29,48,51,55,57,78,82H,6-8,10,12-14,16,18-20,22,25,28,30-47,49-50,52-54,56,58-77H2,1-5H3/b11-9-,17-15-,23-21-,26-24-,29-27-,51-48-,57-55-. The molecule has 0 aromatic carbocycles. The van der Waals surface area contributed by atoms with Gasteiger partial charge in [-0.05, 0) is 89.9 Å². The summed E-state index contributed by atoms with van der Waals surface area (Å²) in [5.74, 6) is -2.29. The van der Waals surface area contributed by atoms with Crippen LogP contribution in [0.25, 0.3) is 0 Å². The summed E-state index contributed by atoms with van der Waals surface area (Å²) in [6, 6.07) is 0. The van der Waals surface area contributed by atoms with Crippen molar-refractivity contribution in [1.29, 1.82) is 0 Å². The van der Waals surface area contributed by atoms with Gasteiger partial charge in [-0.25, -0.2) is 0 Å². The molecule has 0 aromatic rings. The molecule has 0 aliphatic carbocycles. The molecule has 0 radical (unpaired) electrons. The van der Waals surface area contributed by atoms with E-state index in [1.54, 1.807) is 0 Å². The first-order valence-corrected chi connectivity index (χ1v) is 38.7. The molecule has 0 amide bonds. The van der Waals surface area contributed by atoms with Gasteiger partial charge in [-0.2, -0.15) is 0 Å². The van der Waals surface area contributed by atoms with Crippen molar-refractivity contribution in [2.24, 2.45) is 0 Å². The number of esters is 2. The van der Waals surface area contributed by atoms with Crippen LogP contribution < -0.4 is 5.11 Å². The lowest BCUT2D eigenvalue weighted by molar-refractivity contribution is -0.870. The minimum absolute atomic E-state index is 0.142. The number of allylic oxidation sites excluding steroid dienone is 14. The summed E-state index contributed by atoms with van der Waals surface area (Å²) in [5.41, 5.74) is 0. The summed E-state index contributed by atoms with van der Waals surface area (Å²) in [6.07, 6.45) is 95.7. The third-order valence-corrected chi connectivity index (χ3v) is 17.1. The molecule has 528 valence electrons. The highest BCUT2D eigenvalue weighted by atomic mass is 16.7. The van der Waals surface area contributed by atoms with Gasteiger partial charge in [-0.15, -0.1) is 0 Å². The maximum absolute atomic E-state index is 12.9. The van der Waals surface area contributed by atoms with Crippen LogP contribution in [0, 0.1) is 0 Å². The summed E-state index contributed by atoms with van der Waals surface area (Å²) in [4.78, 5) is 37.5. The van der Waals surface area contributed by atoms with E-state index in [1.165, 1.54) is 231 Å². The number of hydrogen-bond donors (Lipinski definition) is 0. The zero-order valence-electron chi connectivity index (χ0n) is 60.5. The first kappa shape index (κ1) is 87.5. The molecule has 91 heavy (non-hydrogen) atoms. The average Bonchev–Trinajstić information content (AvgIpc) is 3.46. The molecule has 0 aliphatic rings.